The van der Waals surface area contributed by atoms with Crippen molar-refractivity contribution >= 4 is 0 Å². The number of methoxy groups -OCH3 is 2. The zero-order valence-corrected chi connectivity index (χ0v) is 34.6. The zero-order chi connectivity index (χ0) is 38.7. The monoisotopic (exact) mass is 713 g/mol. The van der Waals surface area contributed by atoms with Gasteiger partial charge in [-0.1, -0.05) is 163 Å². The molecule has 0 spiro atoms. The van der Waals surface area contributed by atoms with Crippen molar-refractivity contribution < 1.29 is 18.9 Å². The Morgan fingerprint density at radius 3 is 0.962 bits per heavy atom. The van der Waals surface area contributed by atoms with E-state index in [4.69, 9.17) is 18.9 Å². The number of hydrogen-bond donors (Lipinski definition) is 0. The summed E-state index contributed by atoms with van der Waals surface area (Å²) in [5, 5.41) is 0. The second-order valence-electron chi connectivity index (χ2n) is 13.5. The van der Waals surface area contributed by atoms with Gasteiger partial charge in [-0.3, -0.25) is 0 Å². The minimum Gasteiger partial charge on any atom is -0.381 e. The lowest BCUT2D eigenvalue weighted by Crippen LogP contribution is -2.19. The van der Waals surface area contributed by atoms with Gasteiger partial charge < -0.3 is 18.9 Å². The third kappa shape index (κ3) is 17.5. The number of benzene rings is 4. The smallest absolute Gasteiger partial charge is 0.0638 e. The molecule has 4 aromatic carbocycles. The molecule has 4 rings (SSSR count). The second-order valence-corrected chi connectivity index (χ2v) is 13.5. The largest absolute Gasteiger partial charge is 0.381 e. The molecule has 0 amide bonds. The molecule has 0 N–H and O–H groups in total. The summed E-state index contributed by atoms with van der Waals surface area (Å²) in [6.07, 6.45) is 3.40. The maximum Gasteiger partial charge on any atom is 0.0638 e. The average molecular weight is 713 g/mol. The van der Waals surface area contributed by atoms with Crippen LogP contribution >= 0.6 is 0 Å². The molecule has 0 heterocycles. The molecule has 0 aliphatic heterocycles. The Hall–Kier alpha value is -3.28. The molecule has 0 aliphatic rings. The maximum absolute atomic E-state index is 5.71. The standard InChI is InChI=1S/C13H20O.2C12H18O.C11H16O/c1-4-13(14-5-2)11(3)12-9-7-6-8-10-12;1-4-12(13-3)10(2)11-8-6-5-7-9-11;1-4-13-11(3)10(2)12-8-6-5-7-9-12;1-9(10(2)12-3)11-7-5-4-6-8-11/h6-11,13H,4-5H2,1-3H3;5-10,12H,4H2,1-3H3;5-11H,4H2,1-3H3;4-10H,1-3H3. The van der Waals surface area contributed by atoms with Crippen LogP contribution in [0.15, 0.2) is 121 Å². The van der Waals surface area contributed by atoms with Crippen molar-refractivity contribution in [1.29, 1.82) is 0 Å². The van der Waals surface area contributed by atoms with E-state index in [0.717, 1.165) is 26.1 Å². The molecule has 4 heteroatoms. The van der Waals surface area contributed by atoms with Crippen molar-refractivity contribution in [3.8, 4) is 0 Å². The van der Waals surface area contributed by atoms with Crippen LogP contribution in [0.5, 0.6) is 0 Å². The normalized spacial score (nSPS) is 15.3. The Bertz CT molecular complexity index is 1340. The van der Waals surface area contributed by atoms with Gasteiger partial charge in [0.05, 0.1) is 24.4 Å². The molecule has 0 aliphatic carbocycles. The lowest BCUT2D eigenvalue weighted by molar-refractivity contribution is 0.0441. The molecular formula is C48H72O4. The van der Waals surface area contributed by atoms with E-state index in [1.165, 1.54) is 22.3 Å². The molecule has 52 heavy (non-hydrogen) atoms. The van der Waals surface area contributed by atoms with E-state index >= 15 is 0 Å². The molecule has 0 fully saturated rings. The topological polar surface area (TPSA) is 36.9 Å². The van der Waals surface area contributed by atoms with Crippen LogP contribution in [0.4, 0.5) is 0 Å². The first-order valence-corrected chi connectivity index (χ1v) is 19.6. The summed E-state index contributed by atoms with van der Waals surface area (Å²) >= 11 is 0. The van der Waals surface area contributed by atoms with Crippen molar-refractivity contribution in [3.63, 3.8) is 0 Å². The van der Waals surface area contributed by atoms with Crippen LogP contribution < -0.4 is 0 Å². The molecular weight excluding hydrogens is 641 g/mol. The number of hydrogen-bond acceptors (Lipinski definition) is 4. The van der Waals surface area contributed by atoms with Crippen LogP contribution in [-0.4, -0.2) is 51.8 Å². The highest BCUT2D eigenvalue weighted by atomic mass is 16.5. The Morgan fingerprint density at radius 2 is 0.673 bits per heavy atom. The van der Waals surface area contributed by atoms with Gasteiger partial charge >= 0.3 is 0 Å². The molecule has 0 bridgehead atoms. The van der Waals surface area contributed by atoms with E-state index in [2.05, 4.69) is 165 Å². The predicted octanol–water partition coefficient (Wildman–Crippen LogP) is 12.9. The molecule has 4 nitrogen and oxygen atoms in total. The van der Waals surface area contributed by atoms with E-state index in [0.29, 0.717) is 42.0 Å². The quantitative estimate of drug-likeness (QED) is 0.116. The first-order chi connectivity index (χ1) is 25.1. The van der Waals surface area contributed by atoms with Crippen molar-refractivity contribution in [2.45, 2.75) is 130 Å². The predicted molar refractivity (Wildman–Crippen MR) is 224 cm³/mol. The first-order valence-electron chi connectivity index (χ1n) is 19.6. The average Bonchev–Trinajstić information content (AvgIpc) is 3.21. The summed E-state index contributed by atoms with van der Waals surface area (Å²) in [5.41, 5.74) is 5.42. The van der Waals surface area contributed by atoms with E-state index in [1.807, 2.05) is 25.1 Å². The molecule has 4 aromatic rings. The summed E-state index contributed by atoms with van der Waals surface area (Å²) in [4.78, 5) is 0. The molecule has 0 radical (unpaired) electrons. The van der Waals surface area contributed by atoms with Crippen LogP contribution in [0.2, 0.25) is 0 Å². The summed E-state index contributed by atoms with van der Waals surface area (Å²) in [7, 11) is 3.54. The van der Waals surface area contributed by atoms with E-state index in [1.54, 1.807) is 14.2 Å². The molecule has 0 saturated carbocycles. The maximum atomic E-state index is 5.71. The summed E-state index contributed by atoms with van der Waals surface area (Å²) in [6, 6.07) is 42.0. The van der Waals surface area contributed by atoms with Gasteiger partial charge in [0.25, 0.3) is 0 Å². The second kappa shape index (κ2) is 28.3. The fraction of sp³-hybridized carbons (Fsp3) is 0.500. The highest BCUT2D eigenvalue weighted by Crippen LogP contribution is 2.24. The summed E-state index contributed by atoms with van der Waals surface area (Å²) < 4.78 is 21.9. The van der Waals surface area contributed by atoms with Gasteiger partial charge in [0.1, 0.15) is 0 Å². The zero-order valence-electron chi connectivity index (χ0n) is 34.6. The van der Waals surface area contributed by atoms with Gasteiger partial charge in [-0.25, -0.2) is 0 Å². The Labute approximate surface area is 319 Å². The van der Waals surface area contributed by atoms with E-state index < -0.39 is 0 Å². The first kappa shape index (κ1) is 46.7. The van der Waals surface area contributed by atoms with Crippen molar-refractivity contribution in [2.75, 3.05) is 27.4 Å². The van der Waals surface area contributed by atoms with Crippen molar-refractivity contribution in [2.24, 2.45) is 0 Å². The lowest BCUT2D eigenvalue weighted by atomic mass is 9.94. The number of ether oxygens (including phenoxy) is 4. The highest BCUT2D eigenvalue weighted by Gasteiger charge is 2.17. The minimum atomic E-state index is 0.285. The van der Waals surface area contributed by atoms with Gasteiger partial charge in [0.2, 0.25) is 0 Å². The SMILES string of the molecule is CCC(OC)C(C)c1ccccc1.CCOC(C)C(C)c1ccccc1.CCOC(CC)C(C)c1ccccc1.COC(C)C(C)c1ccccc1. The Kier molecular flexibility index (Phi) is 25.4. The van der Waals surface area contributed by atoms with Crippen molar-refractivity contribution in [3.05, 3.63) is 144 Å². The van der Waals surface area contributed by atoms with Gasteiger partial charge in [0.15, 0.2) is 0 Å². The van der Waals surface area contributed by atoms with Crippen LogP contribution in [0.3, 0.4) is 0 Å². The van der Waals surface area contributed by atoms with Gasteiger partial charge in [-0.2, -0.15) is 0 Å². The highest BCUT2D eigenvalue weighted by molar-refractivity contribution is 5.22. The van der Waals surface area contributed by atoms with Gasteiger partial charge in [-0.15, -0.1) is 0 Å². The molecule has 8 atom stereocenters. The van der Waals surface area contributed by atoms with E-state index in [-0.39, 0.29) is 6.10 Å². The Balaban J connectivity index is 0.000000347. The van der Waals surface area contributed by atoms with Crippen molar-refractivity contribution in [1.82, 2.24) is 0 Å². The van der Waals surface area contributed by atoms with E-state index in [9.17, 15) is 0 Å². The minimum absolute atomic E-state index is 0.285. The fourth-order valence-electron chi connectivity index (χ4n) is 6.16. The van der Waals surface area contributed by atoms with Crippen LogP contribution in [0.1, 0.15) is 128 Å². The van der Waals surface area contributed by atoms with Crippen LogP contribution in [-0.2, 0) is 18.9 Å². The van der Waals surface area contributed by atoms with Gasteiger partial charge in [0, 0.05) is 51.1 Å². The molecule has 0 aromatic heterocycles. The Morgan fingerprint density at radius 1 is 0.365 bits per heavy atom. The third-order valence-electron chi connectivity index (χ3n) is 10.1. The van der Waals surface area contributed by atoms with Crippen LogP contribution in [0, 0.1) is 0 Å². The third-order valence-corrected chi connectivity index (χ3v) is 10.1. The fourth-order valence-corrected chi connectivity index (χ4v) is 6.16. The van der Waals surface area contributed by atoms with Crippen LogP contribution in [0.25, 0.3) is 0 Å². The molecule has 0 saturated heterocycles. The molecule has 8 unspecified atom stereocenters. The summed E-state index contributed by atoms with van der Waals surface area (Å²) in [6.45, 7) is 23.1. The number of rotatable bonds is 16. The lowest BCUT2D eigenvalue weighted by Gasteiger charge is -2.22. The molecule has 288 valence electrons. The van der Waals surface area contributed by atoms with Gasteiger partial charge in [-0.05, 0) is 62.8 Å². The summed E-state index contributed by atoms with van der Waals surface area (Å²) in [5.74, 6) is 1.91.